The van der Waals surface area contributed by atoms with Crippen LogP contribution in [-0.2, 0) is 11.3 Å². The molecule has 0 aliphatic rings. The monoisotopic (exact) mass is 338 g/mol. The number of likely N-dealkylation sites (N-methyl/N-ethyl adjacent to an activating group) is 1. The first kappa shape index (κ1) is 17.8. The van der Waals surface area contributed by atoms with Gasteiger partial charge < -0.3 is 10.1 Å². The van der Waals surface area contributed by atoms with Gasteiger partial charge in [-0.2, -0.15) is 0 Å². The van der Waals surface area contributed by atoms with Crippen molar-refractivity contribution < 1.29 is 22.7 Å². The van der Waals surface area contributed by atoms with Gasteiger partial charge in [0, 0.05) is 6.54 Å². The average Bonchev–Trinajstić information content (AvgIpc) is 2.55. The highest BCUT2D eigenvalue weighted by Crippen LogP contribution is 2.19. The van der Waals surface area contributed by atoms with E-state index in [0.717, 1.165) is 17.7 Å². The van der Waals surface area contributed by atoms with E-state index in [0.29, 0.717) is 12.3 Å². The molecule has 0 radical (unpaired) electrons. The average molecular weight is 338 g/mol. The van der Waals surface area contributed by atoms with Gasteiger partial charge in [-0.1, -0.05) is 12.1 Å². The number of ether oxygens (including phenoxy) is 1. The number of benzene rings is 2. The lowest BCUT2D eigenvalue weighted by molar-refractivity contribution is -0.117. The van der Waals surface area contributed by atoms with Crippen LogP contribution in [0, 0.1) is 17.5 Å². The van der Waals surface area contributed by atoms with Crippen LogP contribution in [-0.4, -0.2) is 31.5 Å². The first-order chi connectivity index (χ1) is 11.4. The molecule has 0 bridgehead atoms. The molecular weight excluding hydrogens is 321 g/mol. The zero-order chi connectivity index (χ0) is 17.7. The molecule has 2 aromatic carbocycles. The van der Waals surface area contributed by atoms with Crippen molar-refractivity contribution in [1.82, 2.24) is 4.90 Å². The van der Waals surface area contributed by atoms with Gasteiger partial charge in [0.15, 0.2) is 17.5 Å². The lowest BCUT2D eigenvalue weighted by atomic mass is 10.2. The molecule has 2 rings (SSSR count). The van der Waals surface area contributed by atoms with Crippen molar-refractivity contribution in [3.8, 4) is 5.75 Å². The van der Waals surface area contributed by atoms with E-state index in [1.165, 1.54) is 0 Å². The van der Waals surface area contributed by atoms with E-state index >= 15 is 0 Å². The van der Waals surface area contributed by atoms with Crippen LogP contribution in [0.2, 0.25) is 0 Å². The summed E-state index contributed by atoms with van der Waals surface area (Å²) >= 11 is 0. The summed E-state index contributed by atoms with van der Waals surface area (Å²) < 4.78 is 44.7. The third-order valence-corrected chi connectivity index (χ3v) is 3.31. The van der Waals surface area contributed by atoms with E-state index in [4.69, 9.17) is 4.74 Å². The van der Waals surface area contributed by atoms with Crippen molar-refractivity contribution in [3.63, 3.8) is 0 Å². The summed E-state index contributed by atoms with van der Waals surface area (Å²) in [7, 11) is 3.27. The molecule has 0 saturated heterocycles. The Morgan fingerprint density at radius 3 is 2.62 bits per heavy atom. The lowest BCUT2D eigenvalue weighted by Crippen LogP contribution is -2.30. The number of halogens is 3. The maximum Gasteiger partial charge on any atom is 0.238 e. The molecule has 0 aliphatic carbocycles. The molecule has 0 fully saturated rings. The second-order valence-corrected chi connectivity index (χ2v) is 5.29. The van der Waals surface area contributed by atoms with Crippen LogP contribution in [0.15, 0.2) is 36.4 Å². The second-order valence-electron chi connectivity index (χ2n) is 5.29. The number of rotatable bonds is 6. The number of carbonyl (C=O) groups is 1. The predicted octanol–water partition coefficient (Wildman–Crippen LogP) is 3.18. The molecule has 1 amide bonds. The number of amides is 1. The van der Waals surface area contributed by atoms with Crippen LogP contribution in [0.1, 0.15) is 5.56 Å². The number of anilines is 1. The first-order valence-corrected chi connectivity index (χ1v) is 7.15. The van der Waals surface area contributed by atoms with Crippen molar-refractivity contribution in [2.24, 2.45) is 0 Å². The molecule has 128 valence electrons. The largest absolute Gasteiger partial charge is 0.497 e. The minimum Gasteiger partial charge on any atom is -0.497 e. The fraction of sp³-hybridized carbons (Fsp3) is 0.235. The van der Waals surface area contributed by atoms with E-state index in [-0.39, 0.29) is 6.54 Å². The Kier molecular flexibility index (Phi) is 5.81. The topological polar surface area (TPSA) is 41.6 Å². The molecule has 24 heavy (non-hydrogen) atoms. The zero-order valence-electron chi connectivity index (χ0n) is 13.3. The van der Waals surface area contributed by atoms with Gasteiger partial charge in [-0.05, 0) is 36.9 Å². The summed E-state index contributed by atoms with van der Waals surface area (Å²) in [5.74, 6) is -4.17. The molecule has 1 N–H and O–H groups in total. The third kappa shape index (κ3) is 4.48. The number of hydrogen-bond acceptors (Lipinski definition) is 3. The van der Waals surface area contributed by atoms with Crippen LogP contribution in [0.5, 0.6) is 5.75 Å². The summed E-state index contributed by atoms with van der Waals surface area (Å²) in [6, 6.07) is 9.10. The van der Waals surface area contributed by atoms with Gasteiger partial charge >= 0.3 is 0 Å². The predicted molar refractivity (Wildman–Crippen MR) is 84.3 cm³/mol. The molecule has 0 unspecified atom stereocenters. The summed E-state index contributed by atoms with van der Waals surface area (Å²) in [5.41, 5.74) is 0.539. The number of methoxy groups -OCH3 is 1. The number of hydrogen-bond donors (Lipinski definition) is 1. The van der Waals surface area contributed by atoms with Gasteiger partial charge in [0.1, 0.15) is 5.75 Å². The van der Waals surface area contributed by atoms with Gasteiger partial charge in [-0.15, -0.1) is 0 Å². The number of carbonyl (C=O) groups excluding carboxylic acids is 1. The minimum atomic E-state index is -1.61. The fourth-order valence-corrected chi connectivity index (χ4v) is 2.20. The molecule has 0 heterocycles. The molecule has 0 aromatic heterocycles. The second kappa shape index (κ2) is 7.83. The van der Waals surface area contributed by atoms with E-state index in [2.05, 4.69) is 5.32 Å². The van der Waals surface area contributed by atoms with Gasteiger partial charge in [-0.3, -0.25) is 9.69 Å². The lowest BCUT2D eigenvalue weighted by Gasteiger charge is -2.17. The maximum atomic E-state index is 13.5. The summed E-state index contributed by atoms with van der Waals surface area (Å²) in [5, 5.41) is 2.23. The van der Waals surface area contributed by atoms with E-state index < -0.39 is 29.0 Å². The summed E-state index contributed by atoms with van der Waals surface area (Å²) in [6.45, 7) is 0.417. The van der Waals surface area contributed by atoms with Crippen molar-refractivity contribution in [3.05, 3.63) is 59.4 Å². The van der Waals surface area contributed by atoms with Gasteiger partial charge in [0.05, 0.1) is 19.3 Å². The quantitative estimate of drug-likeness (QED) is 0.823. The molecule has 0 atom stereocenters. The minimum absolute atomic E-state index is 0.0460. The van der Waals surface area contributed by atoms with Gasteiger partial charge in [0.2, 0.25) is 5.91 Å². The van der Waals surface area contributed by atoms with Crippen molar-refractivity contribution in [2.45, 2.75) is 6.54 Å². The Hall–Kier alpha value is -2.54. The Morgan fingerprint density at radius 1 is 1.17 bits per heavy atom. The normalized spacial score (nSPS) is 10.8. The van der Waals surface area contributed by atoms with E-state index in [1.807, 2.05) is 24.3 Å². The first-order valence-electron chi connectivity index (χ1n) is 7.15. The summed E-state index contributed by atoms with van der Waals surface area (Å²) in [4.78, 5) is 13.6. The third-order valence-electron chi connectivity index (χ3n) is 3.31. The summed E-state index contributed by atoms with van der Waals surface area (Å²) in [6.07, 6.45) is 0. The van der Waals surface area contributed by atoms with Crippen LogP contribution >= 0.6 is 0 Å². The molecule has 0 saturated carbocycles. The van der Waals surface area contributed by atoms with Crippen LogP contribution < -0.4 is 10.1 Å². The Balaban J connectivity index is 1.95. The smallest absolute Gasteiger partial charge is 0.238 e. The van der Waals surface area contributed by atoms with Crippen molar-refractivity contribution in [1.29, 1.82) is 0 Å². The highest BCUT2D eigenvalue weighted by atomic mass is 19.2. The molecular formula is C17H17F3N2O2. The Bertz CT molecular complexity index is 738. The van der Waals surface area contributed by atoms with Gasteiger partial charge in [0.25, 0.3) is 0 Å². The molecule has 0 spiro atoms. The number of nitrogens with one attached hydrogen (secondary N) is 1. The Labute approximate surface area is 137 Å². The zero-order valence-corrected chi connectivity index (χ0v) is 13.3. The highest BCUT2D eigenvalue weighted by Gasteiger charge is 2.16. The standard InChI is InChI=1S/C17H17F3N2O2/c1-22(9-11-4-3-5-12(8-11)24-2)10-15(23)21-14-7-6-13(18)16(19)17(14)20/h3-8H,9-10H2,1-2H3,(H,21,23). The highest BCUT2D eigenvalue weighted by molar-refractivity contribution is 5.92. The van der Waals surface area contributed by atoms with Crippen LogP contribution in [0.3, 0.4) is 0 Å². The fourth-order valence-electron chi connectivity index (χ4n) is 2.20. The van der Waals surface area contributed by atoms with Crippen molar-refractivity contribution >= 4 is 11.6 Å². The van der Waals surface area contributed by atoms with Crippen LogP contribution in [0.25, 0.3) is 0 Å². The van der Waals surface area contributed by atoms with E-state index in [1.54, 1.807) is 19.1 Å². The van der Waals surface area contributed by atoms with Gasteiger partial charge in [-0.25, -0.2) is 13.2 Å². The van der Waals surface area contributed by atoms with Crippen LogP contribution in [0.4, 0.5) is 18.9 Å². The van der Waals surface area contributed by atoms with Crippen molar-refractivity contribution in [2.75, 3.05) is 26.0 Å². The molecule has 0 aliphatic heterocycles. The molecule has 4 nitrogen and oxygen atoms in total. The molecule has 2 aromatic rings. The SMILES string of the molecule is COc1cccc(CN(C)CC(=O)Nc2ccc(F)c(F)c2F)c1. The Morgan fingerprint density at radius 2 is 1.92 bits per heavy atom. The molecule has 7 heteroatoms. The number of nitrogens with zero attached hydrogens (tertiary/aromatic N) is 1. The van der Waals surface area contributed by atoms with E-state index in [9.17, 15) is 18.0 Å². The maximum absolute atomic E-state index is 13.5.